The van der Waals surface area contributed by atoms with Crippen LogP contribution in [0.5, 0.6) is 0 Å². The van der Waals surface area contributed by atoms with Crippen LogP contribution in [0.15, 0.2) is 48.5 Å². The molecule has 1 fully saturated rings. The number of hydrogen-bond acceptors (Lipinski definition) is 5. The van der Waals surface area contributed by atoms with Crippen molar-refractivity contribution < 1.29 is 9.59 Å². The predicted octanol–water partition coefficient (Wildman–Crippen LogP) is 4.94. The largest absolute Gasteiger partial charge is 0.368 e. The summed E-state index contributed by atoms with van der Waals surface area (Å²) in [7, 11) is 0. The Hall–Kier alpha value is -2.70. The van der Waals surface area contributed by atoms with Gasteiger partial charge in [-0.2, -0.15) is 0 Å². The Kier molecular flexibility index (Phi) is 5.88. The fourth-order valence-electron chi connectivity index (χ4n) is 3.53. The Morgan fingerprint density at radius 2 is 1.60 bits per heavy atom. The van der Waals surface area contributed by atoms with Crippen molar-refractivity contribution in [3.05, 3.63) is 69.7 Å². The molecule has 1 amide bonds. The highest BCUT2D eigenvalue weighted by Crippen LogP contribution is 2.30. The Balaban J connectivity index is 1.43. The van der Waals surface area contributed by atoms with E-state index in [2.05, 4.69) is 9.88 Å². The van der Waals surface area contributed by atoms with Crippen molar-refractivity contribution in [1.82, 2.24) is 9.88 Å². The summed E-state index contributed by atoms with van der Waals surface area (Å²) in [5, 5.41) is 1.51. The second-order valence-corrected chi connectivity index (χ2v) is 8.76. The number of halogens is 1. The van der Waals surface area contributed by atoms with Gasteiger partial charge in [-0.05, 0) is 50.2 Å². The number of nitrogens with zero attached hydrogens (tertiary/aromatic N) is 3. The van der Waals surface area contributed by atoms with Gasteiger partial charge in [0.15, 0.2) is 5.78 Å². The highest BCUT2D eigenvalue weighted by atomic mass is 35.5. The van der Waals surface area contributed by atoms with Gasteiger partial charge in [-0.25, -0.2) is 4.98 Å². The number of thiazole rings is 1. The van der Waals surface area contributed by atoms with E-state index in [9.17, 15) is 9.59 Å². The smallest absolute Gasteiger partial charge is 0.265 e. The molecule has 1 aliphatic heterocycles. The first kappa shape index (κ1) is 20.6. The highest BCUT2D eigenvalue weighted by Gasteiger charge is 2.26. The standard InChI is InChI=1S/C23H22ClN3O2S/c1-15-21(30-22(25-15)18-3-7-19(24)8-4-18)23(29)27-13-11-26(12-14-27)20-9-5-17(6-10-20)16(2)28/h3-10H,11-14H2,1-2H3. The average Bonchev–Trinajstić information content (AvgIpc) is 3.15. The van der Waals surface area contributed by atoms with Crippen molar-refractivity contribution in [1.29, 1.82) is 0 Å². The highest BCUT2D eigenvalue weighted by molar-refractivity contribution is 7.17. The lowest BCUT2D eigenvalue weighted by Crippen LogP contribution is -2.48. The Morgan fingerprint density at radius 3 is 2.20 bits per heavy atom. The van der Waals surface area contributed by atoms with Gasteiger partial charge in [-0.3, -0.25) is 9.59 Å². The molecule has 1 aromatic heterocycles. The van der Waals surface area contributed by atoms with Crippen LogP contribution >= 0.6 is 22.9 Å². The van der Waals surface area contributed by atoms with E-state index in [-0.39, 0.29) is 11.7 Å². The summed E-state index contributed by atoms with van der Waals surface area (Å²) in [6.45, 7) is 6.27. The van der Waals surface area contributed by atoms with E-state index in [0.29, 0.717) is 28.6 Å². The maximum absolute atomic E-state index is 13.1. The molecule has 0 atom stereocenters. The molecule has 0 unspecified atom stereocenters. The van der Waals surface area contributed by atoms with Crippen LogP contribution in [0.4, 0.5) is 5.69 Å². The number of carbonyl (C=O) groups excluding carboxylic acids is 2. The Morgan fingerprint density at radius 1 is 0.967 bits per heavy atom. The molecule has 0 bridgehead atoms. The van der Waals surface area contributed by atoms with Crippen LogP contribution in [0.25, 0.3) is 10.6 Å². The zero-order chi connectivity index (χ0) is 21.3. The number of ketones is 1. The molecule has 1 saturated heterocycles. The monoisotopic (exact) mass is 439 g/mol. The molecule has 2 heterocycles. The van der Waals surface area contributed by atoms with E-state index in [0.717, 1.165) is 35.0 Å². The molecule has 3 aromatic rings. The quantitative estimate of drug-likeness (QED) is 0.540. The lowest BCUT2D eigenvalue weighted by molar-refractivity contribution is 0.0750. The molecule has 1 aliphatic rings. The number of Topliss-reactive ketones (excluding diaryl/α,β-unsaturated/α-hetero) is 1. The zero-order valence-corrected chi connectivity index (χ0v) is 18.5. The number of amides is 1. The minimum absolute atomic E-state index is 0.0387. The van der Waals surface area contributed by atoms with Crippen molar-refractivity contribution in [2.75, 3.05) is 31.1 Å². The topological polar surface area (TPSA) is 53.5 Å². The van der Waals surface area contributed by atoms with Crippen LogP contribution in [0.1, 0.15) is 32.6 Å². The summed E-state index contributed by atoms with van der Waals surface area (Å²) in [6.07, 6.45) is 0. The van der Waals surface area contributed by atoms with Crippen LogP contribution in [-0.2, 0) is 0 Å². The third-order valence-corrected chi connectivity index (χ3v) is 6.73. The molecule has 154 valence electrons. The van der Waals surface area contributed by atoms with E-state index in [4.69, 9.17) is 11.6 Å². The minimum atomic E-state index is 0.0387. The number of carbonyl (C=O) groups is 2. The van der Waals surface area contributed by atoms with Gasteiger partial charge in [0.05, 0.1) is 5.69 Å². The molecule has 4 rings (SSSR count). The number of anilines is 1. The normalized spacial score (nSPS) is 14.1. The summed E-state index contributed by atoms with van der Waals surface area (Å²) in [5.74, 6) is 0.103. The van der Waals surface area contributed by atoms with Crippen molar-refractivity contribution in [3.8, 4) is 10.6 Å². The minimum Gasteiger partial charge on any atom is -0.368 e. The van der Waals surface area contributed by atoms with Gasteiger partial charge in [0, 0.05) is 48.0 Å². The van der Waals surface area contributed by atoms with E-state index < -0.39 is 0 Å². The van der Waals surface area contributed by atoms with Crippen molar-refractivity contribution >= 4 is 40.3 Å². The molecule has 2 aromatic carbocycles. The molecule has 0 radical (unpaired) electrons. The van der Waals surface area contributed by atoms with E-state index in [1.807, 2.05) is 60.4 Å². The molecular formula is C23H22ClN3O2S. The van der Waals surface area contributed by atoms with Crippen LogP contribution in [-0.4, -0.2) is 47.8 Å². The third kappa shape index (κ3) is 4.25. The molecule has 30 heavy (non-hydrogen) atoms. The maximum atomic E-state index is 13.1. The van der Waals surface area contributed by atoms with E-state index in [1.165, 1.54) is 11.3 Å². The first-order valence-electron chi connectivity index (χ1n) is 9.81. The fraction of sp³-hybridized carbons (Fsp3) is 0.261. The van der Waals surface area contributed by atoms with Crippen molar-refractivity contribution in [3.63, 3.8) is 0 Å². The number of piperazine rings is 1. The summed E-state index contributed by atoms with van der Waals surface area (Å²) in [6, 6.07) is 15.2. The number of aromatic nitrogens is 1. The predicted molar refractivity (Wildman–Crippen MR) is 122 cm³/mol. The number of hydrogen-bond donors (Lipinski definition) is 0. The molecule has 5 nitrogen and oxygen atoms in total. The van der Waals surface area contributed by atoms with Gasteiger partial charge in [0.25, 0.3) is 5.91 Å². The molecular weight excluding hydrogens is 418 g/mol. The van der Waals surface area contributed by atoms with Crippen LogP contribution in [0.3, 0.4) is 0 Å². The molecule has 7 heteroatoms. The average molecular weight is 440 g/mol. The second-order valence-electron chi connectivity index (χ2n) is 7.32. The summed E-state index contributed by atoms with van der Waals surface area (Å²) < 4.78 is 0. The summed E-state index contributed by atoms with van der Waals surface area (Å²) in [4.78, 5) is 34.0. The van der Waals surface area contributed by atoms with Crippen LogP contribution in [0.2, 0.25) is 5.02 Å². The summed E-state index contributed by atoms with van der Waals surface area (Å²) in [5.41, 5.74) is 3.51. The first-order valence-corrected chi connectivity index (χ1v) is 11.0. The van der Waals surface area contributed by atoms with Crippen LogP contribution < -0.4 is 4.90 Å². The van der Waals surface area contributed by atoms with Gasteiger partial charge < -0.3 is 9.80 Å². The van der Waals surface area contributed by atoms with Gasteiger partial charge >= 0.3 is 0 Å². The molecule has 0 aliphatic carbocycles. The van der Waals surface area contributed by atoms with Crippen molar-refractivity contribution in [2.45, 2.75) is 13.8 Å². The second kappa shape index (κ2) is 8.58. The maximum Gasteiger partial charge on any atom is 0.265 e. The SMILES string of the molecule is CC(=O)c1ccc(N2CCN(C(=O)c3sc(-c4ccc(Cl)cc4)nc3C)CC2)cc1. The van der Waals surface area contributed by atoms with E-state index >= 15 is 0 Å². The number of benzene rings is 2. The van der Waals surface area contributed by atoms with Gasteiger partial charge in [0.2, 0.25) is 0 Å². The number of rotatable bonds is 4. The molecule has 0 N–H and O–H groups in total. The van der Waals surface area contributed by atoms with Gasteiger partial charge in [-0.1, -0.05) is 23.7 Å². The Labute approximate surface area is 184 Å². The van der Waals surface area contributed by atoms with Crippen LogP contribution in [0, 0.1) is 6.92 Å². The zero-order valence-electron chi connectivity index (χ0n) is 16.9. The third-order valence-electron chi connectivity index (χ3n) is 5.29. The molecule has 0 saturated carbocycles. The summed E-state index contributed by atoms with van der Waals surface area (Å²) >= 11 is 7.40. The number of aryl methyl sites for hydroxylation is 1. The van der Waals surface area contributed by atoms with Gasteiger partial charge in [-0.15, -0.1) is 11.3 Å². The lowest BCUT2D eigenvalue weighted by Gasteiger charge is -2.36. The fourth-order valence-corrected chi connectivity index (χ4v) is 4.69. The van der Waals surface area contributed by atoms with E-state index in [1.54, 1.807) is 6.92 Å². The lowest BCUT2D eigenvalue weighted by atomic mass is 10.1. The Bertz CT molecular complexity index is 1070. The molecule has 0 spiro atoms. The van der Waals surface area contributed by atoms with Gasteiger partial charge in [0.1, 0.15) is 9.88 Å². The van der Waals surface area contributed by atoms with Crippen molar-refractivity contribution in [2.24, 2.45) is 0 Å². The first-order chi connectivity index (χ1) is 14.4.